The molecular weight excluding hydrogens is 508 g/mol. The molecule has 0 spiro atoms. The van der Waals surface area contributed by atoms with Gasteiger partial charge in [0.1, 0.15) is 6.10 Å². The first-order valence-corrected chi connectivity index (χ1v) is 18.6. The van der Waals surface area contributed by atoms with Gasteiger partial charge in [-0.1, -0.05) is 181 Å². The van der Waals surface area contributed by atoms with Gasteiger partial charge in [0, 0.05) is 12.8 Å². The summed E-state index contributed by atoms with van der Waals surface area (Å²) in [5, 5.41) is 19.2. The fourth-order valence-electron chi connectivity index (χ4n) is 5.88. The Bertz CT molecular complexity index is 509. The molecule has 0 aliphatic rings. The highest BCUT2D eigenvalue weighted by Crippen LogP contribution is 2.18. The molecule has 0 fully saturated rings. The number of aliphatic hydroxyl groups is 2. The van der Waals surface area contributed by atoms with Crippen LogP contribution in [0.25, 0.3) is 0 Å². The molecule has 0 heterocycles. The van der Waals surface area contributed by atoms with E-state index in [-0.39, 0.29) is 18.7 Å². The predicted molar refractivity (Wildman–Crippen MR) is 177 cm³/mol. The number of unbranched alkanes of at least 4 members (excludes halogenated alkanes) is 26. The zero-order valence-electron chi connectivity index (χ0n) is 28.0. The monoisotopic (exact) mass is 583 g/mol. The van der Waals surface area contributed by atoms with Crippen molar-refractivity contribution in [3.63, 3.8) is 0 Å². The molecule has 0 radical (unpaired) electrons. The number of carbonyl (C=O) groups is 1. The third-order valence-corrected chi connectivity index (χ3v) is 8.66. The number of esters is 1. The van der Waals surface area contributed by atoms with Crippen LogP contribution < -0.4 is 0 Å². The second kappa shape index (κ2) is 33.9. The average Bonchev–Trinajstić information content (AvgIpc) is 2.97. The number of ether oxygens (including phenoxy) is 1. The van der Waals surface area contributed by atoms with E-state index < -0.39 is 6.10 Å². The van der Waals surface area contributed by atoms with E-state index in [9.17, 15) is 15.0 Å². The molecular formula is C37H74O4. The molecule has 2 unspecified atom stereocenters. The molecule has 41 heavy (non-hydrogen) atoms. The summed E-state index contributed by atoms with van der Waals surface area (Å²) in [6, 6.07) is 0. The summed E-state index contributed by atoms with van der Waals surface area (Å²) >= 11 is 0. The summed E-state index contributed by atoms with van der Waals surface area (Å²) in [6.07, 6.45) is 37.3. The van der Waals surface area contributed by atoms with Gasteiger partial charge >= 0.3 is 5.97 Å². The number of hydrogen-bond donors (Lipinski definition) is 2. The average molecular weight is 583 g/mol. The zero-order valence-corrected chi connectivity index (χ0v) is 28.0. The number of carbonyl (C=O) groups excluding carboxylic acids is 1. The SMILES string of the molecule is CCCCCCCCCCCCCCCCCC(=O)OC(CCCCCCCCCCCCCCC)CC(O)CO. The summed E-state index contributed by atoms with van der Waals surface area (Å²) in [5.41, 5.74) is 0. The van der Waals surface area contributed by atoms with E-state index in [1.807, 2.05) is 0 Å². The Kier molecular flexibility index (Phi) is 33.4. The van der Waals surface area contributed by atoms with Crippen LogP contribution in [0.5, 0.6) is 0 Å². The summed E-state index contributed by atoms with van der Waals surface area (Å²) < 4.78 is 5.74. The third kappa shape index (κ3) is 32.1. The highest BCUT2D eigenvalue weighted by molar-refractivity contribution is 5.69. The summed E-state index contributed by atoms with van der Waals surface area (Å²) in [7, 11) is 0. The van der Waals surface area contributed by atoms with E-state index in [0.29, 0.717) is 12.8 Å². The molecule has 0 aromatic heterocycles. The van der Waals surface area contributed by atoms with Crippen molar-refractivity contribution in [2.75, 3.05) is 6.61 Å². The second-order valence-corrected chi connectivity index (χ2v) is 12.9. The molecule has 0 aliphatic heterocycles. The highest BCUT2D eigenvalue weighted by Gasteiger charge is 2.18. The minimum atomic E-state index is -0.805. The number of hydrogen-bond acceptors (Lipinski definition) is 4. The largest absolute Gasteiger partial charge is 0.462 e. The maximum atomic E-state index is 12.4. The Morgan fingerprint density at radius 3 is 1.17 bits per heavy atom. The molecule has 0 aromatic rings. The quantitative estimate of drug-likeness (QED) is 0.0585. The zero-order chi connectivity index (χ0) is 30.1. The van der Waals surface area contributed by atoms with E-state index in [1.54, 1.807) is 0 Å². The third-order valence-electron chi connectivity index (χ3n) is 8.66. The van der Waals surface area contributed by atoms with Gasteiger partial charge in [-0.15, -0.1) is 0 Å². The molecule has 2 atom stereocenters. The minimum absolute atomic E-state index is 0.135. The Morgan fingerprint density at radius 2 is 0.829 bits per heavy atom. The van der Waals surface area contributed by atoms with Crippen molar-refractivity contribution >= 4 is 5.97 Å². The smallest absolute Gasteiger partial charge is 0.306 e. The van der Waals surface area contributed by atoms with Gasteiger partial charge in [0.15, 0.2) is 0 Å². The van der Waals surface area contributed by atoms with Crippen LogP contribution in [0.4, 0.5) is 0 Å². The Labute approximate surface area is 257 Å². The molecule has 0 amide bonds. The van der Waals surface area contributed by atoms with Crippen molar-refractivity contribution in [3.8, 4) is 0 Å². The van der Waals surface area contributed by atoms with Crippen LogP contribution in [-0.4, -0.2) is 35.0 Å². The van der Waals surface area contributed by atoms with E-state index in [1.165, 1.54) is 154 Å². The van der Waals surface area contributed by atoms with Gasteiger partial charge in [-0.05, 0) is 19.3 Å². The van der Waals surface area contributed by atoms with Gasteiger partial charge in [0.25, 0.3) is 0 Å². The van der Waals surface area contributed by atoms with Gasteiger partial charge in [-0.3, -0.25) is 4.79 Å². The standard InChI is InChI=1S/C37H74O4/c1-3-5-7-9-11-13-15-17-18-20-22-24-26-28-30-32-37(40)41-36(33-35(39)34-38)31-29-27-25-23-21-19-16-14-12-10-8-6-4-2/h35-36,38-39H,3-34H2,1-2H3. The van der Waals surface area contributed by atoms with Crippen molar-refractivity contribution in [1.82, 2.24) is 0 Å². The molecule has 0 bridgehead atoms. The summed E-state index contributed by atoms with van der Waals surface area (Å²) in [5.74, 6) is -0.135. The van der Waals surface area contributed by atoms with Crippen LogP contribution >= 0.6 is 0 Å². The number of rotatable bonds is 34. The fourth-order valence-corrected chi connectivity index (χ4v) is 5.88. The van der Waals surface area contributed by atoms with Crippen molar-refractivity contribution in [3.05, 3.63) is 0 Å². The van der Waals surface area contributed by atoms with Crippen LogP contribution in [0.3, 0.4) is 0 Å². The lowest BCUT2D eigenvalue weighted by Gasteiger charge is -2.20. The first kappa shape index (κ1) is 40.4. The second-order valence-electron chi connectivity index (χ2n) is 12.9. The molecule has 0 aliphatic carbocycles. The van der Waals surface area contributed by atoms with Crippen molar-refractivity contribution in [2.45, 2.75) is 225 Å². The van der Waals surface area contributed by atoms with Crippen molar-refractivity contribution in [1.29, 1.82) is 0 Å². The van der Waals surface area contributed by atoms with Crippen LogP contribution in [-0.2, 0) is 9.53 Å². The summed E-state index contributed by atoms with van der Waals surface area (Å²) in [6.45, 7) is 4.28. The molecule has 2 N–H and O–H groups in total. The van der Waals surface area contributed by atoms with E-state index >= 15 is 0 Å². The van der Waals surface area contributed by atoms with E-state index in [4.69, 9.17) is 4.74 Å². The lowest BCUT2D eigenvalue weighted by atomic mass is 10.0. The van der Waals surface area contributed by atoms with Crippen LogP contribution in [0.2, 0.25) is 0 Å². The Morgan fingerprint density at radius 1 is 0.512 bits per heavy atom. The highest BCUT2D eigenvalue weighted by atomic mass is 16.5. The molecule has 246 valence electrons. The van der Waals surface area contributed by atoms with Crippen LogP contribution in [0, 0.1) is 0 Å². The first-order valence-electron chi connectivity index (χ1n) is 18.6. The predicted octanol–water partition coefficient (Wildman–Crippen LogP) is 11.4. The van der Waals surface area contributed by atoms with Gasteiger partial charge in [0.05, 0.1) is 12.7 Å². The van der Waals surface area contributed by atoms with Gasteiger partial charge in [0.2, 0.25) is 0 Å². The van der Waals surface area contributed by atoms with Crippen LogP contribution in [0.15, 0.2) is 0 Å². The maximum absolute atomic E-state index is 12.4. The first-order chi connectivity index (χ1) is 20.1. The molecule has 0 saturated heterocycles. The lowest BCUT2D eigenvalue weighted by Crippen LogP contribution is -2.26. The van der Waals surface area contributed by atoms with Gasteiger partial charge in [-0.25, -0.2) is 0 Å². The van der Waals surface area contributed by atoms with Gasteiger partial charge in [-0.2, -0.15) is 0 Å². The van der Waals surface area contributed by atoms with E-state index in [2.05, 4.69) is 13.8 Å². The Hall–Kier alpha value is -0.610. The van der Waals surface area contributed by atoms with E-state index in [0.717, 1.165) is 32.1 Å². The van der Waals surface area contributed by atoms with Crippen LogP contribution in [0.1, 0.15) is 213 Å². The molecule has 0 rings (SSSR count). The molecule has 4 nitrogen and oxygen atoms in total. The molecule has 0 saturated carbocycles. The summed E-state index contributed by atoms with van der Waals surface area (Å²) in [4.78, 5) is 12.4. The lowest BCUT2D eigenvalue weighted by molar-refractivity contribution is -0.151. The normalized spacial score (nSPS) is 13.0. The fraction of sp³-hybridized carbons (Fsp3) is 0.973. The van der Waals surface area contributed by atoms with Gasteiger partial charge < -0.3 is 14.9 Å². The maximum Gasteiger partial charge on any atom is 0.306 e. The molecule has 0 aromatic carbocycles. The minimum Gasteiger partial charge on any atom is -0.462 e. The van der Waals surface area contributed by atoms with Crippen molar-refractivity contribution in [2.24, 2.45) is 0 Å². The number of aliphatic hydroxyl groups excluding tert-OH is 2. The molecule has 4 heteroatoms. The van der Waals surface area contributed by atoms with Crippen molar-refractivity contribution < 1.29 is 19.7 Å². The Balaban J connectivity index is 3.71. The topological polar surface area (TPSA) is 66.8 Å².